The van der Waals surface area contributed by atoms with E-state index in [4.69, 9.17) is 4.74 Å². The Morgan fingerprint density at radius 3 is 2.00 bits per heavy atom. The minimum Gasteiger partial charge on any atom is -0.497 e. The molecule has 0 unspecified atom stereocenters. The molecule has 0 saturated carbocycles. The molecular formula is C36H41N3O5S. The van der Waals surface area contributed by atoms with Gasteiger partial charge in [0.05, 0.1) is 17.7 Å². The van der Waals surface area contributed by atoms with Gasteiger partial charge in [-0.3, -0.25) is 13.9 Å². The maximum absolute atomic E-state index is 14.5. The van der Waals surface area contributed by atoms with E-state index >= 15 is 0 Å². The summed E-state index contributed by atoms with van der Waals surface area (Å²) in [5.74, 6) is -0.326. The standard InChI is InChI=1S/C36H41N3O5S/c1-27-13-12-16-29(23-27)25-38(33(35(41)37-36(2,3)4)24-28-14-8-6-9-15-28)34(40)26-39(30-17-10-7-11-18-30)45(42,43)32-21-19-31(44-5)20-22-32/h6-23,33H,24-26H2,1-5H3,(H,37,41)/t33-/m0/s1. The van der Waals surface area contributed by atoms with E-state index in [2.05, 4.69) is 5.32 Å². The van der Waals surface area contributed by atoms with Crippen molar-refractivity contribution in [3.8, 4) is 5.75 Å². The molecule has 0 saturated heterocycles. The van der Waals surface area contributed by atoms with Gasteiger partial charge in [0.2, 0.25) is 11.8 Å². The van der Waals surface area contributed by atoms with Gasteiger partial charge >= 0.3 is 0 Å². The lowest BCUT2D eigenvalue weighted by Gasteiger charge is -2.35. The number of para-hydroxylation sites is 1. The first kappa shape index (κ1) is 33.3. The van der Waals surface area contributed by atoms with Crippen LogP contribution in [0.2, 0.25) is 0 Å². The lowest BCUT2D eigenvalue weighted by molar-refractivity contribution is -0.140. The highest BCUT2D eigenvalue weighted by Crippen LogP contribution is 2.26. The van der Waals surface area contributed by atoms with Gasteiger partial charge in [0.1, 0.15) is 18.3 Å². The SMILES string of the molecule is COc1ccc(S(=O)(=O)N(CC(=O)N(Cc2cccc(C)c2)[C@@H](Cc2ccccc2)C(=O)NC(C)(C)C)c2ccccc2)cc1. The minimum absolute atomic E-state index is 0.0106. The molecule has 0 spiro atoms. The van der Waals surface area contributed by atoms with Gasteiger partial charge in [-0.2, -0.15) is 0 Å². The number of amides is 2. The monoisotopic (exact) mass is 627 g/mol. The third-order valence-electron chi connectivity index (χ3n) is 7.18. The number of carbonyl (C=O) groups excluding carboxylic acids is 2. The molecule has 9 heteroatoms. The Balaban J connectivity index is 1.80. The van der Waals surface area contributed by atoms with Crippen LogP contribution in [0.3, 0.4) is 0 Å². The van der Waals surface area contributed by atoms with Gasteiger partial charge in [0.25, 0.3) is 10.0 Å². The van der Waals surface area contributed by atoms with Crippen LogP contribution in [0.4, 0.5) is 5.69 Å². The molecule has 0 heterocycles. The average Bonchev–Trinajstić information content (AvgIpc) is 3.01. The molecule has 4 rings (SSSR count). The summed E-state index contributed by atoms with van der Waals surface area (Å²) in [6.45, 7) is 7.21. The van der Waals surface area contributed by atoms with Crippen molar-refractivity contribution in [3.05, 3.63) is 126 Å². The summed E-state index contributed by atoms with van der Waals surface area (Å²) in [6, 6.07) is 30.8. The topological polar surface area (TPSA) is 96.0 Å². The fraction of sp³-hybridized carbons (Fsp3) is 0.278. The lowest BCUT2D eigenvalue weighted by Crippen LogP contribution is -2.56. The zero-order valence-corrected chi connectivity index (χ0v) is 27.3. The molecule has 0 aliphatic carbocycles. The van der Waals surface area contributed by atoms with Crippen LogP contribution >= 0.6 is 0 Å². The number of anilines is 1. The van der Waals surface area contributed by atoms with E-state index in [-0.39, 0.29) is 23.8 Å². The molecular weight excluding hydrogens is 586 g/mol. The van der Waals surface area contributed by atoms with E-state index in [1.54, 1.807) is 42.5 Å². The van der Waals surface area contributed by atoms with Crippen LogP contribution in [-0.4, -0.2) is 50.4 Å². The summed E-state index contributed by atoms with van der Waals surface area (Å²) in [7, 11) is -2.69. The highest BCUT2D eigenvalue weighted by atomic mass is 32.2. The first-order valence-corrected chi connectivity index (χ1v) is 16.2. The number of nitrogens with one attached hydrogen (secondary N) is 1. The highest BCUT2D eigenvalue weighted by Gasteiger charge is 2.35. The van der Waals surface area contributed by atoms with E-state index in [0.717, 1.165) is 21.0 Å². The number of carbonyl (C=O) groups is 2. The van der Waals surface area contributed by atoms with Crippen molar-refractivity contribution in [2.24, 2.45) is 0 Å². The molecule has 4 aromatic rings. The van der Waals surface area contributed by atoms with Crippen LogP contribution < -0.4 is 14.4 Å². The van der Waals surface area contributed by atoms with E-state index in [1.165, 1.54) is 24.1 Å². The van der Waals surface area contributed by atoms with Crippen molar-refractivity contribution < 1.29 is 22.7 Å². The number of hydrogen-bond donors (Lipinski definition) is 1. The van der Waals surface area contributed by atoms with Crippen LogP contribution in [0.5, 0.6) is 5.75 Å². The second-order valence-electron chi connectivity index (χ2n) is 12.0. The van der Waals surface area contributed by atoms with Gasteiger partial charge in [0, 0.05) is 18.5 Å². The Kier molecular flexibility index (Phi) is 10.7. The van der Waals surface area contributed by atoms with E-state index in [1.807, 2.05) is 82.3 Å². The zero-order chi connectivity index (χ0) is 32.6. The number of sulfonamides is 1. The number of rotatable bonds is 12. The van der Waals surface area contributed by atoms with Gasteiger partial charge < -0.3 is 15.0 Å². The highest BCUT2D eigenvalue weighted by molar-refractivity contribution is 7.92. The summed E-state index contributed by atoms with van der Waals surface area (Å²) in [4.78, 5) is 30.0. The summed E-state index contributed by atoms with van der Waals surface area (Å²) in [5.41, 5.74) is 2.48. The summed E-state index contributed by atoms with van der Waals surface area (Å²) in [5, 5.41) is 3.05. The van der Waals surface area contributed by atoms with Gasteiger partial charge in [-0.25, -0.2) is 8.42 Å². The Bertz CT molecular complexity index is 1690. The Morgan fingerprint density at radius 2 is 1.42 bits per heavy atom. The molecule has 1 N–H and O–H groups in total. The smallest absolute Gasteiger partial charge is 0.264 e. The van der Waals surface area contributed by atoms with Gasteiger partial charge in [-0.15, -0.1) is 0 Å². The number of methoxy groups -OCH3 is 1. The second-order valence-corrected chi connectivity index (χ2v) is 13.8. The molecule has 2 amide bonds. The third kappa shape index (κ3) is 8.95. The number of aryl methyl sites for hydroxylation is 1. The number of nitrogens with zero attached hydrogens (tertiary/aromatic N) is 2. The molecule has 236 valence electrons. The molecule has 0 aliphatic rings. The first-order valence-electron chi connectivity index (χ1n) is 14.8. The quantitative estimate of drug-likeness (QED) is 0.216. The Hall–Kier alpha value is -4.63. The van der Waals surface area contributed by atoms with Crippen LogP contribution in [0.25, 0.3) is 0 Å². The van der Waals surface area contributed by atoms with E-state index < -0.39 is 34.1 Å². The summed E-state index contributed by atoms with van der Waals surface area (Å²) >= 11 is 0. The van der Waals surface area contributed by atoms with Crippen LogP contribution in [0.1, 0.15) is 37.5 Å². The van der Waals surface area contributed by atoms with Crippen molar-refractivity contribution in [2.75, 3.05) is 18.0 Å². The number of ether oxygens (including phenoxy) is 1. The lowest BCUT2D eigenvalue weighted by atomic mass is 10.0. The third-order valence-corrected chi connectivity index (χ3v) is 8.96. The normalized spacial score (nSPS) is 12.2. The molecule has 8 nitrogen and oxygen atoms in total. The largest absolute Gasteiger partial charge is 0.497 e. The predicted octanol–water partition coefficient (Wildman–Crippen LogP) is 5.75. The van der Waals surface area contributed by atoms with Crippen LogP contribution in [-0.2, 0) is 32.6 Å². The van der Waals surface area contributed by atoms with Crippen LogP contribution in [0.15, 0.2) is 114 Å². The number of hydrogen-bond acceptors (Lipinski definition) is 5. The van der Waals surface area contributed by atoms with Gasteiger partial charge in [-0.05, 0) is 75.2 Å². The van der Waals surface area contributed by atoms with Crippen LogP contribution in [0, 0.1) is 6.92 Å². The van der Waals surface area contributed by atoms with E-state index in [0.29, 0.717) is 11.4 Å². The van der Waals surface area contributed by atoms with Crippen molar-refractivity contribution in [1.82, 2.24) is 10.2 Å². The second kappa shape index (κ2) is 14.4. The first-order chi connectivity index (χ1) is 21.4. The molecule has 45 heavy (non-hydrogen) atoms. The average molecular weight is 628 g/mol. The maximum Gasteiger partial charge on any atom is 0.264 e. The van der Waals surface area contributed by atoms with Crippen molar-refractivity contribution in [1.29, 1.82) is 0 Å². The minimum atomic E-state index is -4.19. The predicted molar refractivity (Wildman–Crippen MR) is 178 cm³/mol. The molecule has 0 fully saturated rings. The molecule has 0 radical (unpaired) electrons. The van der Waals surface area contributed by atoms with Crippen molar-refractivity contribution >= 4 is 27.5 Å². The molecule has 0 aromatic heterocycles. The van der Waals surface area contributed by atoms with Gasteiger partial charge in [0.15, 0.2) is 0 Å². The fourth-order valence-electron chi connectivity index (χ4n) is 5.01. The molecule has 0 aliphatic heterocycles. The fourth-order valence-corrected chi connectivity index (χ4v) is 6.43. The molecule has 1 atom stereocenters. The van der Waals surface area contributed by atoms with Crippen molar-refractivity contribution in [3.63, 3.8) is 0 Å². The van der Waals surface area contributed by atoms with E-state index in [9.17, 15) is 18.0 Å². The zero-order valence-electron chi connectivity index (χ0n) is 26.4. The molecule has 4 aromatic carbocycles. The summed E-state index contributed by atoms with van der Waals surface area (Å²) in [6.07, 6.45) is 0.247. The van der Waals surface area contributed by atoms with Crippen molar-refractivity contribution in [2.45, 2.75) is 57.1 Å². The van der Waals surface area contributed by atoms with Gasteiger partial charge in [-0.1, -0.05) is 78.4 Å². The Labute approximate surface area is 266 Å². The number of benzene rings is 4. The molecule has 0 bridgehead atoms. The Morgan fingerprint density at radius 1 is 0.822 bits per heavy atom. The summed E-state index contributed by atoms with van der Waals surface area (Å²) < 4.78 is 34.5. The maximum atomic E-state index is 14.5.